The molecule has 0 aliphatic heterocycles. The van der Waals surface area contributed by atoms with Crippen LogP contribution in [0.4, 0.5) is 0 Å². The van der Waals surface area contributed by atoms with Crippen molar-refractivity contribution in [3.63, 3.8) is 0 Å². The number of hydrogen-bond acceptors (Lipinski definition) is 4. The summed E-state index contributed by atoms with van der Waals surface area (Å²) < 4.78 is 25.9. The molecule has 108 valence electrons. The Bertz CT molecular complexity index is 326. The van der Waals surface area contributed by atoms with Gasteiger partial charge >= 0.3 is 0 Å². The van der Waals surface area contributed by atoms with Crippen molar-refractivity contribution in [1.29, 1.82) is 0 Å². The minimum Gasteiger partial charge on any atom is -0.313 e. The van der Waals surface area contributed by atoms with E-state index in [0.717, 1.165) is 13.0 Å². The minimum atomic E-state index is -3.10. The number of rotatable bonds is 10. The first-order chi connectivity index (χ1) is 8.41. The van der Waals surface area contributed by atoms with Crippen molar-refractivity contribution >= 4 is 10.0 Å². The average Bonchev–Trinajstić information content (AvgIpc) is 3.07. The molecule has 0 aromatic carbocycles. The molecule has 5 nitrogen and oxygen atoms in total. The Morgan fingerprint density at radius 2 is 1.94 bits per heavy atom. The molecule has 0 radical (unpaired) electrons. The fourth-order valence-corrected chi connectivity index (χ4v) is 2.56. The molecule has 6 heteroatoms. The van der Waals surface area contributed by atoms with Gasteiger partial charge in [0.1, 0.15) is 0 Å². The number of nitrogens with one attached hydrogen (secondary N) is 2. The Hall–Kier alpha value is -0.170. The van der Waals surface area contributed by atoms with Gasteiger partial charge in [-0.15, -0.1) is 0 Å². The van der Waals surface area contributed by atoms with Gasteiger partial charge in [0.25, 0.3) is 0 Å². The van der Waals surface area contributed by atoms with Crippen LogP contribution in [0.15, 0.2) is 0 Å². The van der Waals surface area contributed by atoms with Crippen LogP contribution in [0, 0.1) is 0 Å². The maximum atomic E-state index is 11.6. The van der Waals surface area contributed by atoms with E-state index in [0.29, 0.717) is 25.2 Å². The van der Waals surface area contributed by atoms with Gasteiger partial charge in [0.2, 0.25) is 10.0 Å². The molecule has 0 bridgehead atoms. The van der Waals surface area contributed by atoms with Crippen LogP contribution in [0.1, 0.15) is 33.1 Å². The summed E-state index contributed by atoms with van der Waals surface area (Å²) in [5.41, 5.74) is 0. The molecule has 0 spiro atoms. The summed E-state index contributed by atoms with van der Waals surface area (Å²) in [6, 6.07) is 1.07. The van der Waals surface area contributed by atoms with Gasteiger partial charge in [-0.3, -0.25) is 0 Å². The summed E-state index contributed by atoms with van der Waals surface area (Å²) >= 11 is 0. The molecule has 1 rings (SSSR count). The van der Waals surface area contributed by atoms with E-state index in [4.69, 9.17) is 0 Å². The van der Waals surface area contributed by atoms with Gasteiger partial charge < -0.3 is 10.2 Å². The Labute approximate surface area is 111 Å². The Balaban J connectivity index is 2.04. The fourth-order valence-electron chi connectivity index (χ4n) is 1.57. The lowest BCUT2D eigenvalue weighted by atomic mass is 10.3. The van der Waals surface area contributed by atoms with Gasteiger partial charge in [-0.25, -0.2) is 13.1 Å². The summed E-state index contributed by atoms with van der Waals surface area (Å²) in [7, 11) is -1.04. The van der Waals surface area contributed by atoms with Crippen molar-refractivity contribution in [2.75, 3.05) is 32.4 Å². The Morgan fingerprint density at radius 1 is 1.28 bits per heavy atom. The molecule has 0 atom stereocenters. The molecule has 1 fully saturated rings. The van der Waals surface area contributed by atoms with Crippen LogP contribution < -0.4 is 10.0 Å². The molecule has 0 amide bonds. The van der Waals surface area contributed by atoms with Crippen molar-refractivity contribution < 1.29 is 8.42 Å². The van der Waals surface area contributed by atoms with Crippen LogP contribution >= 0.6 is 0 Å². The molecule has 0 heterocycles. The predicted octanol–water partition coefficient (Wildman–Crippen LogP) is 0.388. The average molecular weight is 277 g/mol. The first-order valence-corrected chi connectivity index (χ1v) is 8.47. The number of sulfonamides is 1. The van der Waals surface area contributed by atoms with Crippen LogP contribution in [0.25, 0.3) is 0 Å². The SMILES string of the molecule is CC(C)N(C)CCCNS(=O)(=O)CCNC1CC1. The van der Waals surface area contributed by atoms with Gasteiger partial charge in [-0.1, -0.05) is 0 Å². The van der Waals surface area contributed by atoms with E-state index < -0.39 is 10.0 Å². The van der Waals surface area contributed by atoms with E-state index >= 15 is 0 Å². The highest BCUT2D eigenvalue weighted by molar-refractivity contribution is 7.89. The molecule has 1 aliphatic carbocycles. The second-order valence-corrected chi connectivity index (χ2v) is 7.30. The van der Waals surface area contributed by atoms with E-state index in [1.807, 2.05) is 0 Å². The smallest absolute Gasteiger partial charge is 0.212 e. The zero-order chi connectivity index (χ0) is 13.6. The molecule has 18 heavy (non-hydrogen) atoms. The third-order valence-corrected chi connectivity index (χ3v) is 4.66. The quantitative estimate of drug-likeness (QED) is 0.567. The van der Waals surface area contributed by atoms with E-state index in [-0.39, 0.29) is 5.75 Å². The molecule has 2 N–H and O–H groups in total. The molecule has 0 unspecified atom stereocenters. The largest absolute Gasteiger partial charge is 0.313 e. The molecular formula is C12H27N3O2S. The highest BCUT2D eigenvalue weighted by Crippen LogP contribution is 2.17. The summed E-state index contributed by atoms with van der Waals surface area (Å²) in [4.78, 5) is 2.21. The van der Waals surface area contributed by atoms with Gasteiger partial charge in [-0.05, 0) is 46.7 Å². The number of nitrogens with zero attached hydrogens (tertiary/aromatic N) is 1. The van der Waals surface area contributed by atoms with E-state index in [2.05, 4.69) is 35.8 Å². The van der Waals surface area contributed by atoms with E-state index in [9.17, 15) is 8.42 Å². The van der Waals surface area contributed by atoms with Crippen molar-refractivity contribution in [2.45, 2.75) is 45.2 Å². The molecular weight excluding hydrogens is 250 g/mol. The van der Waals surface area contributed by atoms with Crippen molar-refractivity contribution in [3.05, 3.63) is 0 Å². The predicted molar refractivity (Wildman–Crippen MR) is 75.2 cm³/mol. The van der Waals surface area contributed by atoms with Gasteiger partial charge in [0, 0.05) is 25.2 Å². The summed E-state index contributed by atoms with van der Waals surface area (Å²) in [6.07, 6.45) is 3.23. The maximum Gasteiger partial charge on any atom is 0.212 e. The summed E-state index contributed by atoms with van der Waals surface area (Å²) in [5, 5.41) is 3.21. The third-order valence-electron chi connectivity index (χ3n) is 3.27. The Morgan fingerprint density at radius 3 is 2.50 bits per heavy atom. The van der Waals surface area contributed by atoms with E-state index in [1.165, 1.54) is 12.8 Å². The lowest BCUT2D eigenvalue weighted by Gasteiger charge is -2.20. The third kappa shape index (κ3) is 7.31. The van der Waals surface area contributed by atoms with E-state index in [1.54, 1.807) is 0 Å². The second kappa shape index (κ2) is 7.43. The van der Waals surface area contributed by atoms with Crippen LogP contribution in [-0.2, 0) is 10.0 Å². The maximum absolute atomic E-state index is 11.6. The van der Waals surface area contributed by atoms with Crippen molar-refractivity contribution in [3.8, 4) is 0 Å². The zero-order valence-corrected chi connectivity index (χ0v) is 12.6. The molecule has 1 aliphatic rings. The second-order valence-electron chi connectivity index (χ2n) is 5.37. The standard InChI is InChI=1S/C12H27N3O2S/c1-11(2)15(3)9-4-7-14-18(16,17)10-8-13-12-5-6-12/h11-14H,4-10H2,1-3H3. The van der Waals surface area contributed by atoms with Crippen LogP contribution in [-0.4, -0.2) is 57.8 Å². The zero-order valence-electron chi connectivity index (χ0n) is 11.8. The van der Waals surface area contributed by atoms with Crippen LogP contribution in [0.5, 0.6) is 0 Å². The van der Waals surface area contributed by atoms with Crippen molar-refractivity contribution in [2.24, 2.45) is 0 Å². The summed E-state index contributed by atoms with van der Waals surface area (Å²) in [6.45, 7) is 6.27. The molecule has 1 saturated carbocycles. The first kappa shape index (κ1) is 15.9. The monoisotopic (exact) mass is 277 g/mol. The normalized spacial score (nSPS) is 16.7. The Kier molecular flexibility index (Phi) is 6.55. The van der Waals surface area contributed by atoms with Crippen molar-refractivity contribution in [1.82, 2.24) is 14.9 Å². The molecule has 0 aromatic rings. The highest BCUT2D eigenvalue weighted by atomic mass is 32.2. The van der Waals surface area contributed by atoms with Gasteiger partial charge in [0.05, 0.1) is 5.75 Å². The van der Waals surface area contributed by atoms with Gasteiger partial charge in [0.15, 0.2) is 0 Å². The first-order valence-electron chi connectivity index (χ1n) is 6.81. The molecule has 0 saturated heterocycles. The minimum absolute atomic E-state index is 0.184. The van der Waals surface area contributed by atoms with Gasteiger partial charge in [-0.2, -0.15) is 0 Å². The lowest BCUT2D eigenvalue weighted by Crippen LogP contribution is -2.35. The lowest BCUT2D eigenvalue weighted by molar-refractivity contribution is 0.271. The topological polar surface area (TPSA) is 61.4 Å². The summed E-state index contributed by atoms with van der Waals surface area (Å²) in [5.74, 6) is 0.184. The molecule has 0 aromatic heterocycles. The number of hydrogen-bond donors (Lipinski definition) is 2. The van der Waals surface area contributed by atoms with Crippen LogP contribution in [0.2, 0.25) is 0 Å². The highest BCUT2D eigenvalue weighted by Gasteiger charge is 2.21. The fraction of sp³-hybridized carbons (Fsp3) is 1.00. The van der Waals surface area contributed by atoms with Crippen LogP contribution in [0.3, 0.4) is 0 Å².